The van der Waals surface area contributed by atoms with Gasteiger partial charge in [0.05, 0.1) is 6.10 Å². The number of nitrogens with zero attached hydrogens (tertiary/aromatic N) is 1. The van der Waals surface area contributed by atoms with Gasteiger partial charge in [-0.2, -0.15) is 0 Å². The zero-order chi connectivity index (χ0) is 21.5. The minimum Gasteiger partial charge on any atom is -0.491 e. The van der Waals surface area contributed by atoms with Crippen molar-refractivity contribution in [3.05, 3.63) is 59.7 Å². The van der Waals surface area contributed by atoms with Gasteiger partial charge in [0.2, 0.25) is 0 Å². The molecule has 1 aliphatic heterocycles. The van der Waals surface area contributed by atoms with Gasteiger partial charge >= 0.3 is 0 Å². The zero-order valence-corrected chi connectivity index (χ0v) is 18.1. The van der Waals surface area contributed by atoms with Gasteiger partial charge < -0.3 is 15.0 Å². The third kappa shape index (κ3) is 6.03. The summed E-state index contributed by atoms with van der Waals surface area (Å²) in [5, 5.41) is 5.83. The highest BCUT2D eigenvalue weighted by atomic mass is 32.1. The van der Waals surface area contributed by atoms with E-state index in [1.807, 2.05) is 18.7 Å². The van der Waals surface area contributed by atoms with Crippen molar-refractivity contribution >= 4 is 34.8 Å². The molecule has 6 nitrogen and oxygen atoms in total. The molecule has 0 aliphatic carbocycles. The van der Waals surface area contributed by atoms with Gasteiger partial charge in [-0.05, 0) is 93.9 Å². The molecule has 2 amide bonds. The van der Waals surface area contributed by atoms with Gasteiger partial charge in [0.15, 0.2) is 5.11 Å². The van der Waals surface area contributed by atoms with Crippen LogP contribution in [0, 0.1) is 0 Å². The van der Waals surface area contributed by atoms with E-state index < -0.39 is 0 Å². The number of anilines is 1. The maximum atomic E-state index is 12.5. The second kappa shape index (κ2) is 10.2. The Morgan fingerprint density at radius 2 is 1.53 bits per heavy atom. The molecule has 2 aromatic rings. The molecule has 1 heterocycles. The molecule has 3 rings (SSSR count). The van der Waals surface area contributed by atoms with Crippen molar-refractivity contribution in [3.8, 4) is 5.75 Å². The van der Waals surface area contributed by atoms with E-state index in [1.165, 1.54) is 6.42 Å². The summed E-state index contributed by atoms with van der Waals surface area (Å²) in [6.07, 6.45) is 3.38. The van der Waals surface area contributed by atoms with Gasteiger partial charge in [-0.3, -0.25) is 14.9 Å². The number of benzene rings is 2. The highest BCUT2D eigenvalue weighted by Crippen LogP contribution is 2.16. The monoisotopic (exact) mass is 425 g/mol. The molecule has 0 saturated carbocycles. The second-order valence-corrected chi connectivity index (χ2v) is 7.94. The summed E-state index contributed by atoms with van der Waals surface area (Å²) in [7, 11) is 0. The second-order valence-electron chi connectivity index (χ2n) is 7.53. The Morgan fingerprint density at radius 1 is 0.933 bits per heavy atom. The fourth-order valence-electron chi connectivity index (χ4n) is 3.27. The number of hydrogen-bond acceptors (Lipinski definition) is 4. The first-order valence-corrected chi connectivity index (χ1v) is 10.6. The normalized spacial score (nSPS) is 13.6. The third-order valence-corrected chi connectivity index (χ3v) is 4.95. The van der Waals surface area contributed by atoms with Gasteiger partial charge in [0.25, 0.3) is 11.8 Å². The lowest BCUT2D eigenvalue weighted by Crippen LogP contribution is -2.35. The van der Waals surface area contributed by atoms with Crippen LogP contribution in [-0.4, -0.2) is 41.0 Å². The minimum atomic E-state index is -0.305. The van der Waals surface area contributed by atoms with Crippen molar-refractivity contribution in [2.75, 3.05) is 18.4 Å². The van der Waals surface area contributed by atoms with E-state index in [1.54, 1.807) is 48.5 Å². The van der Waals surface area contributed by atoms with Gasteiger partial charge in [0.1, 0.15) is 5.75 Å². The third-order valence-electron chi connectivity index (χ3n) is 4.75. The van der Waals surface area contributed by atoms with Gasteiger partial charge in [-0.1, -0.05) is 0 Å². The lowest BCUT2D eigenvalue weighted by Gasteiger charge is -2.26. The highest BCUT2D eigenvalue weighted by molar-refractivity contribution is 7.80. The summed E-state index contributed by atoms with van der Waals surface area (Å²) >= 11 is 5.24. The van der Waals surface area contributed by atoms with Crippen molar-refractivity contribution < 1.29 is 14.3 Å². The predicted octanol–water partition coefficient (Wildman–Crippen LogP) is 4.23. The highest BCUT2D eigenvalue weighted by Gasteiger charge is 2.18. The van der Waals surface area contributed by atoms with Gasteiger partial charge in [-0.25, -0.2) is 0 Å². The summed E-state index contributed by atoms with van der Waals surface area (Å²) in [4.78, 5) is 26.8. The topological polar surface area (TPSA) is 70.7 Å². The molecule has 0 spiro atoms. The van der Waals surface area contributed by atoms with Gasteiger partial charge in [0, 0.05) is 29.9 Å². The number of ether oxygens (including phenoxy) is 1. The van der Waals surface area contributed by atoms with E-state index in [-0.39, 0.29) is 23.0 Å². The molecule has 158 valence electrons. The minimum absolute atomic E-state index is 0.0574. The summed E-state index contributed by atoms with van der Waals surface area (Å²) in [5.41, 5.74) is 1.84. The molecule has 2 N–H and O–H groups in total. The Bertz CT molecular complexity index is 889. The first-order chi connectivity index (χ1) is 14.4. The Hall–Kier alpha value is -2.93. The first kappa shape index (κ1) is 21.8. The Morgan fingerprint density at radius 3 is 2.13 bits per heavy atom. The maximum absolute atomic E-state index is 12.5. The number of carbonyl (C=O) groups excluding carboxylic acids is 2. The molecule has 0 unspecified atom stereocenters. The molecule has 0 atom stereocenters. The molecule has 2 aromatic carbocycles. The van der Waals surface area contributed by atoms with Crippen LogP contribution in [0.5, 0.6) is 5.75 Å². The number of carbonyl (C=O) groups is 2. The SMILES string of the molecule is CC(C)Oc1ccc(C(=O)NC(=S)Nc2ccc(C(=O)N3CCCCC3)cc2)cc1. The van der Waals surface area contributed by atoms with Crippen LogP contribution in [0.3, 0.4) is 0 Å². The summed E-state index contributed by atoms with van der Waals surface area (Å²) in [5.74, 6) is 0.462. The summed E-state index contributed by atoms with van der Waals surface area (Å²) in [6.45, 7) is 5.53. The number of hydrogen-bond donors (Lipinski definition) is 2. The number of nitrogens with one attached hydrogen (secondary N) is 2. The van der Waals surface area contributed by atoms with E-state index in [0.717, 1.165) is 25.9 Å². The zero-order valence-electron chi connectivity index (χ0n) is 17.3. The molecular formula is C23H27N3O3S. The van der Waals surface area contributed by atoms with E-state index in [2.05, 4.69) is 10.6 Å². The van der Waals surface area contributed by atoms with Crippen molar-refractivity contribution in [3.63, 3.8) is 0 Å². The van der Waals surface area contributed by atoms with Crippen LogP contribution in [0.2, 0.25) is 0 Å². The number of piperidine rings is 1. The standard InChI is InChI=1S/C23H27N3O3S/c1-16(2)29-20-12-8-17(9-13-20)21(27)25-23(30)24-19-10-6-18(7-11-19)22(28)26-14-4-3-5-15-26/h6-13,16H,3-5,14-15H2,1-2H3,(H2,24,25,27,30). The number of thiocarbonyl (C=S) groups is 1. The number of likely N-dealkylation sites (tertiary alicyclic amines) is 1. The van der Waals surface area contributed by atoms with Crippen molar-refractivity contribution in [1.29, 1.82) is 0 Å². The van der Waals surface area contributed by atoms with Gasteiger partial charge in [-0.15, -0.1) is 0 Å². The fraction of sp³-hybridized carbons (Fsp3) is 0.348. The molecular weight excluding hydrogens is 398 g/mol. The average Bonchev–Trinajstić information content (AvgIpc) is 2.74. The molecule has 0 bridgehead atoms. The quantitative estimate of drug-likeness (QED) is 0.702. The lowest BCUT2D eigenvalue weighted by molar-refractivity contribution is 0.0724. The van der Waals surface area contributed by atoms with E-state index in [0.29, 0.717) is 22.6 Å². The van der Waals surface area contributed by atoms with E-state index in [4.69, 9.17) is 17.0 Å². The van der Waals surface area contributed by atoms with Crippen LogP contribution in [0.15, 0.2) is 48.5 Å². The largest absolute Gasteiger partial charge is 0.491 e. The van der Waals surface area contributed by atoms with Crippen LogP contribution < -0.4 is 15.4 Å². The van der Waals surface area contributed by atoms with E-state index in [9.17, 15) is 9.59 Å². The predicted molar refractivity (Wildman–Crippen MR) is 122 cm³/mol. The van der Waals surface area contributed by atoms with Crippen molar-refractivity contribution in [1.82, 2.24) is 10.2 Å². The van der Waals surface area contributed by atoms with Crippen LogP contribution in [0.1, 0.15) is 53.8 Å². The molecule has 30 heavy (non-hydrogen) atoms. The van der Waals surface area contributed by atoms with Crippen molar-refractivity contribution in [2.45, 2.75) is 39.2 Å². The molecule has 1 saturated heterocycles. The van der Waals surface area contributed by atoms with E-state index >= 15 is 0 Å². The molecule has 1 fully saturated rings. The molecule has 1 aliphatic rings. The molecule has 0 radical (unpaired) electrons. The lowest BCUT2D eigenvalue weighted by atomic mass is 10.1. The number of rotatable bonds is 5. The van der Waals surface area contributed by atoms with Crippen LogP contribution in [0.25, 0.3) is 0 Å². The number of amides is 2. The molecule has 0 aromatic heterocycles. The Labute approximate surface area is 182 Å². The maximum Gasteiger partial charge on any atom is 0.257 e. The van der Waals surface area contributed by atoms with Crippen molar-refractivity contribution in [2.24, 2.45) is 0 Å². The Kier molecular flexibility index (Phi) is 7.41. The van der Waals surface area contributed by atoms with Crippen LogP contribution >= 0.6 is 12.2 Å². The smallest absolute Gasteiger partial charge is 0.257 e. The van der Waals surface area contributed by atoms with Crippen LogP contribution in [0.4, 0.5) is 5.69 Å². The summed E-state index contributed by atoms with van der Waals surface area (Å²) in [6, 6.07) is 14.0. The summed E-state index contributed by atoms with van der Waals surface area (Å²) < 4.78 is 5.58. The Balaban J connectivity index is 1.52. The van der Waals surface area contributed by atoms with Crippen LogP contribution in [-0.2, 0) is 0 Å². The fourth-order valence-corrected chi connectivity index (χ4v) is 3.48. The molecule has 7 heteroatoms. The average molecular weight is 426 g/mol. The first-order valence-electron chi connectivity index (χ1n) is 10.2.